The van der Waals surface area contributed by atoms with Crippen LogP contribution in [-0.2, 0) is 4.79 Å². The Balaban J connectivity index is 1.60. The van der Waals surface area contributed by atoms with Crippen molar-refractivity contribution in [2.45, 2.75) is 19.9 Å². The van der Waals surface area contributed by atoms with Crippen LogP contribution in [0, 0.1) is 5.92 Å². The molecule has 0 bridgehead atoms. The fourth-order valence-electron chi connectivity index (χ4n) is 3.93. The lowest BCUT2D eigenvalue weighted by Gasteiger charge is -2.22. The zero-order chi connectivity index (χ0) is 25.1. The molecule has 0 aliphatic carbocycles. The third-order valence-electron chi connectivity index (χ3n) is 5.81. The van der Waals surface area contributed by atoms with Crippen molar-refractivity contribution >= 4 is 39.4 Å². The maximum atomic E-state index is 13.3. The molecule has 8 heteroatoms. The normalized spacial score (nSPS) is 11.9. The van der Waals surface area contributed by atoms with Gasteiger partial charge in [-0.2, -0.15) is 0 Å². The number of benzene rings is 3. The van der Waals surface area contributed by atoms with Crippen LogP contribution in [0.15, 0.2) is 59.0 Å². The summed E-state index contributed by atoms with van der Waals surface area (Å²) in [5.74, 6) is 0.455. The Hall–Kier alpha value is -4.20. The lowest BCUT2D eigenvalue weighted by Crippen LogP contribution is -2.47. The predicted molar refractivity (Wildman–Crippen MR) is 135 cm³/mol. The lowest BCUT2D eigenvalue weighted by atomic mass is 10.0. The van der Waals surface area contributed by atoms with Crippen molar-refractivity contribution in [1.29, 1.82) is 0 Å². The first-order chi connectivity index (χ1) is 16.8. The van der Waals surface area contributed by atoms with Crippen LogP contribution in [0.2, 0.25) is 0 Å². The van der Waals surface area contributed by atoms with Crippen LogP contribution >= 0.6 is 0 Å². The Labute approximate surface area is 203 Å². The summed E-state index contributed by atoms with van der Waals surface area (Å²) >= 11 is 0. The Kier molecular flexibility index (Phi) is 6.82. The standard InChI is InChI=1S/C27H28N2O6/c1-15(2)25(29-26(30)16-10-17(32-3)12-18(11-16)33-4)27(31)28-21-14-23-20(13-24(21)34-5)19-8-6-7-9-22(19)35-23/h6-15,25H,1-5H3,(H,28,31)(H,29,30). The third-order valence-corrected chi connectivity index (χ3v) is 5.81. The van der Waals surface area contributed by atoms with E-state index < -0.39 is 11.9 Å². The molecule has 3 aromatic carbocycles. The van der Waals surface area contributed by atoms with E-state index in [1.54, 1.807) is 24.3 Å². The Bertz CT molecular complexity index is 1370. The lowest BCUT2D eigenvalue weighted by molar-refractivity contribution is -0.118. The molecule has 4 aromatic rings. The van der Waals surface area contributed by atoms with E-state index in [-0.39, 0.29) is 11.8 Å². The fraction of sp³-hybridized carbons (Fsp3) is 0.259. The molecule has 1 unspecified atom stereocenters. The van der Waals surface area contributed by atoms with E-state index in [9.17, 15) is 9.59 Å². The first-order valence-corrected chi connectivity index (χ1v) is 11.2. The summed E-state index contributed by atoms with van der Waals surface area (Å²) in [7, 11) is 4.55. The number of rotatable bonds is 8. The van der Waals surface area contributed by atoms with Gasteiger partial charge in [0.05, 0.1) is 27.0 Å². The highest BCUT2D eigenvalue weighted by atomic mass is 16.5. The largest absolute Gasteiger partial charge is 0.497 e. The molecule has 1 heterocycles. The maximum absolute atomic E-state index is 13.3. The molecule has 0 aliphatic heterocycles. The second-order valence-corrected chi connectivity index (χ2v) is 8.43. The maximum Gasteiger partial charge on any atom is 0.252 e. The number of ether oxygens (including phenoxy) is 3. The van der Waals surface area contributed by atoms with Crippen LogP contribution in [0.1, 0.15) is 24.2 Å². The summed E-state index contributed by atoms with van der Waals surface area (Å²) in [5, 5.41) is 7.56. The van der Waals surface area contributed by atoms with Gasteiger partial charge in [-0.15, -0.1) is 0 Å². The van der Waals surface area contributed by atoms with Crippen LogP contribution in [0.3, 0.4) is 0 Å². The quantitative estimate of drug-likeness (QED) is 0.371. The summed E-state index contributed by atoms with van der Waals surface area (Å²) in [6, 6.07) is 15.3. The minimum Gasteiger partial charge on any atom is -0.497 e. The van der Waals surface area contributed by atoms with Crippen LogP contribution in [0.4, 0.5) is 5.69 Å². The molecule has 1 aromatic heterocycles. The summed E-state index contributed by atoms with van der Waals surface area (Å²) < 4.78 is 22.0. The number of hydrogen-bond acceptors (Lipinski definition) is 6. The van der Waals surface area contributed by atoms with Gasteiger partial charge in [-0.1, -0.05) is 32.0 Å². The molecule has 8 nitrogen and oxygen atoms in total. The van der Waals surface area contributed by atoms with Crippen LogP contribution in [-0.4, -0.2) is 39.2 Å². The Morgan fingerprint density at radius 2 is 1.51 bits per heavy atom. The number of fused-ring (bicyclic) bond motifs is 3. The summed E-state index contributed by atoms with van der Waals surface area (Å²) in [6.45, 7) is 3.72. The van der Waals surface area contributed by atoms with E-state index in [1.807, 2.05) is 44.2 Å². The number of nitrogens with one attached hydrogen (secondary N) is 2. The van der Waals surface area contributed by atoms with E-state index in [2.05, 4.69) is 10.6 Å². The fourth-order valence-corrected chi connectivity index (χ4v) is 3.93. The van der Waals surface area contributed by atoms with E-state index in [0.29, 0.717) is 34.1 Å². The molecule has 182 valence electrons. The number of amides is 2. The van der Waals surface area contributed by atoms with Gasteiger partial charge in [-0.25, -0.2) is 0 Å². The average molecular weight is 477 g/mol. The SMILES string of the molecule is COc1cc(OC)cc(C(=O)NC(C(=O)Nc2cc3oc4ccccc4c3cc2OC)C(C)C)c1. The highest BCUT2D eigenvalue weighted by Gasteiger charge is 2.26. The summed E-state index contributed by atoms with van der Waals surface area (Å²) in [4.78, 5) is 26.3. The van der Waals surface area contributed by atoms with Crippen LogP contribution < -0.4 is 24.8 Å². The number of anilines is 1. The number of methoxy groups -OCH3 is 3. The molecule has 0 saturated heterocycles. The van der Waals surface area contributed by atoms with Crippen molar-refractivity contribution in [2.75, 3.05) is 26.6 Å². The van der Waals surface area contributed by atoms with Gasteiger partial charge < -0.3 is 29.3 Å². The number of furan rings is 1. The second-order valence-electron chi connectivity index (χ2n) is 8.43. The molecule has 2 amide bonds. The van der Waals surface area contributed by atoms with Gasteiger partial charge in [0.2, 0.25) is 5.91 Å². The molecule has 0 aliphatic rings. The van der Waals surface area contributed by atoms with Gasteiger partial charge >= 0.3 is 0 Å². The minimum atomic E-state index is -0.809. The number of carbonyl (C=O) groups excluding carboxylic acids is 2. The predicted octanol–water partition coefficient (Wildman–Crippen LogP) is 5.00. The molecule has 0 saturated carbocycles. The summed E-state index contributed by atoms with van der Waals surface area (Å²) in [5.41, 5.74) is 2.14. The molecule has 1 atom stereocenters. The molecule has 35 heavy (non-hydrogen) atoms. The van der Waals surface area contributed by atoms with Crippen LogP contribution in [0.25, 0.3) is 21.9 Å². The van der Waals surface area contributed by atoms with Gasteiger partial charge in [0.25, 0.3) is 5.91 Å². The molecule has 4 rings (SSSR count). The van der Waals surface area contributed by atoms with Crippen LogP contribution in [0.5, 0.6) is 17.2 Å². The monoisotopic (exact) mass is 476 g/mol. The molecule has 0 fully saturated rings. The van der Waals surface area contributed by atoms with E-state index in [1.165, 1.54) is 21.3 Å². The number of para-hydroxylation sites is 1. The molecule has 0 spiro atoms. The molecule has 2 N–H and O–H groups in total. The van der Waals surface area contributed by atoms with Crippen molar-refractivity contribution in [3.63, 3.8) is 0 Å². The molecular formula is C27H28N2O6. The second kappa shape index (κ2) is 9.97. The zero-order valence-electron chi connectivity index (χ0n) is 20.3. The number of carbonyl (C=O) groups is 2. The zero-order valence-corrected chi connectivity index (χ0v) is 20.3. The highest BCUT2D eigenvalue weighted by molar-refractivity contribution is 6.08. The molecule has 0 radical (unpaired) electrons. The van der Waals surface area contributed by atoms with Crippen molar-refractivity contribution in [3.05, 3.63) is 60.2 Å². The van der Waals surface area contributed by atoms with Gasteiger partial charge in [0, 0.05) is 28.5 Å². The topological polar surface area (TPSA) is 99.0 Å². The van der Waals surface area contributed by atoms with E-state index in [0.717, 1.165) is 16.4 Å². The third kappa shape index (κ3) is 4.87. The Morgan fingerprint density at radius 1 is 0.829 bits per heavy atom. The smallest absolute Gasteiger partial charge is 0.252 e. The van der Waals surface area contributed by atoms with Gasteiger partial charge in [0.15, 0.2) is 0 Å². The van der Waals surface area contributed by atoms with Gasteiger partial charge in [-0.05, 0) is 30.2 Å². The average Bonchev–Trinajstić information content (AvgIpc) is 3.23. The number of hydrogen-bond donors (Lipinski definition) is 2. The van der Waals surface area contributed by atoms with Crippen molar-refractivity contribution < 1.29 is 28.2 Å². The Morgan fingerprint density at radius 3 is 2.14 bits per heavy atom. The highest BCUT2D eigenvalue weighted by Crippen LogP contribution is 2.36. The van der Waals surface area contributed by atoms with E-state index >= 15 is 0 Å². The molecular weight excluding hydrogens is 448 g/mol. The minimum absolute atomic E-state index is 0.188. The van der Waals surface area contributed by atoms with Crippen molar-refractivity contribution in [2.24, 2.45) is 5.92 Å². The summed E-state index contributed by atoms with van der Waals surface area (Å²) in [6.07, 6.45) is 0. The first kappa shape index (κ1) is 23.9. The van der Waals surface area contributed by atoms with Gasteiger partial charge in [0.1, 0.15) is 34.5 Å². The van der Waals surface area contributed by atoms with Gasteiger partial charge in [-0.3, -0.25) is 9.59 Å². The van der Waals surface area contributed by atoms with Crippen molar-refractivity contribution in [3.8, 4) is 17.2 Å². The van der Waals surface area contributed by atoms with Crippen molar-refractivity contribution in [1.82, 2.24) is 5.32 Å². The first-order valence-electron chi connectivity index (χ1n) is 11.2. The van der Waals surface area contributed by atoms with E-state index in [4.69, 9.17) is 18.6 Å².